The summed E-state index contributed by atoms with van der Waals surface area (Å²) in [6.45, 7) is -4.70. The van der Waals surface area contributed by atoms with Gasteiger partial charge in [-0.2, -0.15) is 35.1 Å². The molecule has 0 aliphatic carbocycles. The Morgan fingerprint density at radius 3 is 2.34 bits per heavy atom. The van der Waals surface area contributed by atoms with E-state index in [1.807, 2.05) is 10.6 Å². The van der Waals surface area contributed by atoms with Crippen molar-refractivity contribution in [2.75, 3.05) is 35.9 Å². The van der Waals surface area contributed by atoms with Crippen molar-refractivity contribution < 1.29 is 72.4 Å². The van der Waals surface area contributed by atoms with Crippen LogP contribution >= 0.6 is 0 Å². The van der Waals surface area contributed by atoms with Gasteiger partial charge in [0.05, 0.1) is 31.6 Å². The average Bonchev–Trinajstić information content (AvgIpc) is 3.38. The summed E-state index contributed by atoms with van der Waals surface area (Å²) in [4.78, 5) is 23.5. The summed E-state index contributed by atoms with van der Waals surface area (Å²) in [5, 5.41) is 16.3. The van der Waals surface area contributed by atoms with Gasteiger partial charge in [0.1, 0.15) is 18.5 Å². The molecule has 14 nitrogen and oxygen atoms in total. The smallest absolute Gasteiger partial charge is 0.427 e. The molecule has 5 N–H and O–H groups in total. The van der Waals surface area contributed by atoms with Crippen molar-refractivity contribution in [3.63, 3.8) is 0 Å². The molecule has 2 aromatic rings. The second kappa shape index (κ2) is 13.2. The quantitative estimate of drug-likeness (QED) is 0.253. The number of aromatic nitrogens is 2. The van der Waals surface area contributed by atoms with E-state index in [0.29, 0.717) is 31.3 Å². The summed E-state index contributed by atoms with van der Waals surface area (Å²) in [5.74, 6) is -2.93. The Balaban J connectivity index is 2.04. The van der Waals surface area contributed by atoms with Crippen LogP contribution < -0.4 is 30.1 Å². The molecule has 2 heterocycles. The van der Waals surface area contributed by atoms with Crippen LogP contribution in [0.15, 0.2) is 29.3 Å². The number of nitrogens with two attached hydrogens (primary N) is 1. The van der Waals surface area contributed by atoms with Crippen LogP contribution in [0.1, 0.15) is 27.3 Å². The number of rotatable bonds is 11. The molecule has 3 rings (SSSR count). The summed E-state index contributed by atoms with van der Waals surface area (Å²) in [6, 6.07) is 2.96. The van der Waals surface area contributed by atoms with Crippen molar-refractivity contribution in [2.24, 2.45) is 5.73 Å². The second-order valence-corrected chi connectivity index (χ2v) is 12.4. The Hall–Kier alpha value is -4.12. The van der Waals surface area contributed by atoms with Crippen molar-refractivity contribution in [2.45, 2.75) is 61.8 Å². The molecule has 1 unspecified atom stereocenters. The first-order valence-electron chi connectivity index (χ1n) is 13.1. The Kier molecular flexibility index (Phi) is 10.5. The summed E-state index contributed by atoms with van der Waals surface area (Å²) in [6.07, 6.45) is -12.8. The number of ether oxygens (including phenoxy) is 3. The van der Waals surface area contributed by atoms with Crippen LogP contribution in [0.25, 0.3) is 0 Å². The number of amides is 2. The Bertz CT molecular complexity index is 1580. The molecule has 0 radical (unpaired) electrons. The normalized spacial score (nSPS) is 17.0. The fraction of sp³-hybridized carbons (Fsp3) is 0.542. The number of carbonyl (C=O) groups excluding carboxylic acids is 2. The van der Waals surface area contributed by atoms with E-state index < -0.39 is 101 Å². The van der Waals surface area contributed by atoms with E-state index in [4.69, 9.17) is 20.3 Å². The number of nitrogens with one attached hydrogen (secondary N) is 2. The highest BCUT2D eigenvalue weighted by molar-refractivity contribution is 7.93. The average molecular weight is 713 g/mol. The zero-order chi connectivity index (χ0) is 35.8. The van der Waals surface area contributed by atoms with E-state index in [2.05, 4.69) is 9.84 Å². The molecule has 47 heavy (non-hydrogen) atoms. The Morgan fingerprint density at radius 1 is 1.15 bits per heavy atom. The molecule has 0 saturated heterocycles. The maximum absolute atomic E-state index is 13.9. The first-order valence-corrected chi connectivity index (χ1v) is 14.5. The third-order valence-electron chi connectivity index (χ3n) is 6.48. The largest absolute Gasteiger partial charge is 0.484 e. The summed E-state index contributed by atoms with van der Waals surface area (Å²) < 4.78 is 149. The monoisotopic (exact) mass is 712 g/mol. The molecule has 264 valence electrons. The van der Waals surface area contributed by atoms with Crippen LogP contribution in [0.3, 0.4) is 0 Å². The van der Waals surface area contributed by atoms with E-state index >= 15 is 0 Å². The van der Waals surface area contributed by atoms with Gasteiger partial charge in [-0.25, -0.2) is 17.9 Å². The van der Waals surface area contributed by atoms with Crippen molar-refractivity contribution >= 4 is 33.4 Å². The van der Waals surface area contributed by atoms with Gasteiger partial charge in [-0.05, 0) is 39.0 Å². The molecular weight excluding hydrogens is 684 g/mol. The number of anilines is 2. The molecule has 2 amide bonds. The van der Waals surface area contributed by atoms with E-state index in [9.17, 15) is 53.1 Å². The fourth-order valence-electron chi connectivity index (χ4n) is 3.67. The van der Waals surface area contributed by atoms with Gasteiger partial charge in [-0.1, -0.05) is 0 Å². The molecule has 2 atom stereocenters. The Labute approximate surface area is 260 Å². The molecule has 1 aromatic carbocycles. The standard InChI is InChI=1S/C24H28F8N6O8S/c1-21(2,23(27,28)29)46-20(41)35-12-4-5-15-14(8-12)38(10-13(45-15)9-34-18(40)22(3,33)24(30,31)32)47(42,43)16-11-37(19(25)26)36-17(16)44-7-6-39/h4-5,8,11,13,19,39H,6-7,9-10,33H2,1-3H3,(H,34,40)(H,35,41)/t13-,22?/m0/s1. The fourth-order valence-corrected chi connectivity index (χ4v) is 5.24. The number of aliphatic hydroxyl groups excluding tert-OH is 1. The third kappa shape index (κ3) is 8.06. The number of aliphatic hydroxyl groups is 1. The zero-order valence-electron chi connectivity index (χ0n) is 24.4. The lowest BCUT2D eigenvalue weighted by Gasteiger charge is -2.36. The van der Waals surface area contributed by atoms with Gasteiger partial charge in [0.2, 0.25) is 11.5 Å². The molecule has 0 saturated carbocycles. The number of sulfonamides is 1. The van der Waals surface area contributed by atoms with E-state index in [0.717, 1.165) is 18.2 Å². The van der Waals surface area contributed by atoms with Gasteiger partial charge in [0.25, 0.3) is 15.9 Å². The lowest BCUT2D eigenvalue weighted by Crippen LogP contribution is -2.62. The number of nitrogens with zero attached hydrogens (tertiary/aromatic N) is 3. The first kappa shape index (κ1) is 37.3. The molecule has 0 bridgehead atoms. The molecule has 0 spiro atoms. The van der Waals surface area contributed by atoms with Crippen LogP contribution in [-0.2, 0) is 19.6 Å². The van der Waals surface area contributed by atoms with Crippen LogP contribution in [0.2, 0.25) is 0 Å². The van der Waals surface area contributed by atoms with E-state index in [1.165, 1.54) is 0 Å². The topological polar surface area (TPSA) is 187 Å². The predicted molar refractivity (Wildman–Crippen MR) is 143 cm³/mol. The van der Waals surface area contributed by atoms with Crippen molar-refractivity contribution in [3.05, 3.63) is 24.4 Å². The zero-order valence-corrected chi connectivity index (χ0v) is 25.3. The lowest BCUT2D eigenvalue weighted by molar-refractivity contribution is -0.242. The molecular formula is C24H28F8N6O8S. The van der Waals surface area contributed by atoms with Gasteiger partial charge >= 0.3 is 25.0 Å². The third-order valence-corrected chi connectivity index (χ3v) is 8.25. The highest BCUT2D eigenvalue weighted by atomic mass is 32.2. The van der Waals surface area contributed by atoms with E-state index in [-0.39, 0.29) is 16.1 Å². The molecule has 1 aliphatic heterocycles. The number of benzene rings is 1. The minimum atomic E-state index is -5.18. The number of hydrogen-bond donors (Lipinski definition) is 4. The number of carbonyl (C=O) groups is 2. The summed E-state index contributed by atoms with van der Waals surface area (Å²) in [5.41, 5.74) is -1.98. The molecule has 23 heteroatoms. The number of fused-ring (bicyclic) bond motifs is 1. The minimum Gasteiger partial charge on any atom is -0.484 e. The number of alkyl halides is 8. The van der Waals surface area contributed by atoms with Crippen molar-refractivity contribution in [3.8, 4) is 11.6 Å². The van der Waals surface area contributed by atoms with Crippen LogP contribution in [-0.4, -0.2) is 91.2 Å². The predicted octanol–water partition coefficient (Wildman–Crippen LogP) is 2.89. The van der Waals surface area contributed by atoms with Gasteiger partial charge in [-0.3, -0.25) is 14.4 Å². The van der Waals surface area contributed by atoms with Crippen LogP contribution in [0.5, 0.6) is 11.6 Å². The SMILES string of the molecule is CC(C)(OC(=O)Nc1ccc2c(c1)N(S(=O)(=O)c1cn(C(F)F)nc1OCCO)C[C@H](CNC(=O)C(C)(N)C(F)(F)F)O2)C(F)(F)F. The van der Waals surface area contributed by atoms with Crippen molar-refractivity contribution in [1.82, 2.24) is 15.1 Å². The van der Waals surface area contributed by atoms with Gasteiger partial charge < -0.3 is 30.4 Å². The van der Waals surface area contributed by atoms with Gasteiger partial charge in [-0.15, -0.1) is 5.10 Å². The molecule has 1 aromatic heterocycles. The molecule has 1 aliphatic rings. The molecule has 0 fully saturated rings. The number of hydrogen-bond acceptors (Lipinski definition) is 10. The first-order chi connectivity index (χ1) is 21.4. The second-order valence-electron chi connectivity index (χ2n) is 10.5. The maximum Gasteiger partial charge on any atom is 0.427 e. The summed E-state index contributed by atoms with van der Waals surface area (Å²) >= 11 is 0. The highest BCUT2D eigenvalue weighted by Crippen LogP contribution is 2.41. The maximum atomic E-state index is 13.9. The van der Waals surface area contributed by atoms with Gasteiger partial charge in [0, 0.05) is 5.69 Å². The Morgan fingerprint density at radius 2 is 1.79 bits per heavy atom. The van der Waals surface area contributed by atoms with Gasteiger partial charge in [0.15, 0.2) is 10.4 Å². The minimum absolute atomic E-state index is 0.0751. The van der Waals surface area contributed by atoms with Crippen molar-refractivity contribution in [1.29, 1.82) is 0 Å². The highest BCUT2D eigenvalue weighted by Gasteiger charge is 2.54. The van der Waals surface area contributed by atoms with Crippen LogP contribution in [0.4, 0.5) is 51.3 Å². The lowest BCUT2D eigenvalue weighted by atomic mass is 10.0. The van der Waals surface area contributed by atoms with E-state index in [1.54, 1.807) is 0 Å². The number of halogens is 8. The summed E-state index contributed by atoms with van der Waals surface area (Å²) in [7, 11) is -5.05. The van der Waals surface area contributed by atoms with Crippen LogP contribution in [0, 0.1) is 0 Å².